The molecule has 0 heterocycles. The van der Waals surface area contributed by atoms with E-state index in [1.54, 1.807) is 12.1 Å². The third-order valence-corrected chi connectivity index (χ3v) is 5.49. The van der Waals surface area contributed by atoms with Gasteiger partial charge in [0.05, 0.1) is 11.5 Å². The number of benzene rings is 2. The first-order valence-corrected chi connectivity index (χ1v) is 10.4. The summed E-state index contributed by atoms with van der Waals surface area (Å²) in [6, 6.07) is 13.4. The Hall–Kier alpha value is -1.51. The van der Waals surface area contributed by atoms with E-state index in [9.17, 15) is 17.2 Å². The fraction of sp³-hybridized carbons (Fsp3) is 0.368. The molecule has 3 rings (SSSR count). The van der Waals surface area contributed by atoms with E-state index >= 15 is 0 Å². The van der Waals surface area contributed by atoms with Gasteiger partial charge in [0.2, 0.25) is 5.92 Å². The Bertz CT molecular complexity index is 858. The van der Waals surface area contributed by atoms with Gasteiger partial charge in [0.25, 0.3) is 10.1 Å². The van der Waals surface area contributed by atoms with Crippen molar-refractivity contribution in [3.63, 3.8) is 0 Å². The number of halogens is 3. The van der Waals surface area contributed by atoms with Crippen LogP contribution in [-0.4, -0.2) is 25.5 Å². The highest BCUT2D eigenvalue weighted by atomic mass is 79.9. The molecule has 2 aromatic rings. The highest BCUT2D eigenvalue weighted by molar-refractivity contribution is 9.10. The highest BCUT2D eigenvalue weighted by Crippen LogP contribution is 2.51. The molecule has 0 atom stereocenters. The van der Waals surface area contributed by atoms with Gasteiger partial charge < -0.3 is 4.74 Å². The summed E-state index contributed by atoms with van der Waals surface area (Å²) in [5.41, 5.74) is 0.578. The number of aryl methyl sites for hydroxylation is 1. The van der Waals surface area contributed by atoms with Crippen LogP contribution in [0, 0.1) is 12.3 Å². The molecule has 0 bridgehead atoms. The second-order valence-corrected chi connectivity index (χ2v) is 9.39. The van der Waals surface area contributed by atoms with Crippen LogP contribution >= 0.6 is 15.9 Å². The van der Waals surface area contributed by atoms with Crippen LogP contribution in [0.5, 0.6) is 5.75 Å². The molecule has 148 valence electrons. The number of hydrogen-bond donors (Lipinski definition) is 1. The Kier molecular flexibility index (Phi) is 6.65. The Morgan fingerprint density at radius 3 is 2.04 bits per heavy atom. The minimum absolute atomic E-state index is 0.0666. The lowest BCUT2D eigenvalue weighted by molar-refractivity contribution is -0.164. The molecule has 1 N–H and O–H groups in total. The number of alkyl halides is 2. The summed E-state index contributed by atoms with van der Waals surface area (Å²) < 4.78 is 61.5. The monoisotopic (exact) mass is 462 g/mol. The van der Waals surface area contributed by atoms with Crippen molar-refractivity contribution in [3.05, 3.63) is 58.6 Å². The second kappa shape index (κ2) is 8.24. The quantitative estimate of drug-likeness (QED) is 0.608. The molecule has 27 heavy (non-hydrogen) atoms. The maximum absolute atomic E-state index is 12.8. The first kappa shape index (κ1) is 21.8. The molecular formula is C19H21BrF2O4S. The molecule has 1 fully saturated rings. The first-order valence-electron chi connectivity index (χ1n) is 8.19. The summed E-state index contributed by atoms with van der Waals surface area (Å²) in [4.78, 5) is -0.0666. The van der Waals surface area contributed by atoms with E-state index in [0.717, 1.165) is 15.8 Å². The van der Waals surface area contributed by atoms with Gasteiger partial charge in [-0.15, -0.1) is 0 Å². The molecule has 0 radical (unpaired) electrons. The molecule has 1 aliphatic rings. The number of hydrogen-bond acceptors (Lipinski definition) is 3. The van der Waals surface area contributed by atoms with E-state index in [-0.39, 0.29) is 23.2 Å². The molecule has 0 aromatic heterocycles. The van der Waals surface area contributed by atoms with E-state index in [1.165, 1.54) is 12.1 Å². The normalized spacial score (nSPS) is 17.3. The topological polar surface area (TPSA) is 63.6 Å². The van der Waals surface area contributed by atoms with Gasteiger partial charge in [-0.25, -0.2) is 8.78 Å². The van der Waals surface area contributed by atoms with Crippen molar-refractivity contribution in [1.29, 1.82) is 0 Å². The SMILES string of the molecule is CC1(COc2ccc(Br)cc2)CC(F)(F)C1.Cc1ccc(S(=O)(=O)O)cc1. The van der Waals surface area contributed by atoms with Crippen molar-refractivity contribution >= 4 is 26.0 Å². The van der Waals surface area contributed by atoms with Crippen LogP contribution < -0.4 is 4.74 Å². The van der Waals surface area contributed by atoms with Crippen LogP contribution in [0.4, 0.5) is 8.78 Å². The van der Waals surface area contributed by atoms with Crippen molar-refractivity contribution in [1.82, 2.24) is 0 Å². The Labute approximate surface area is 166 Å². The molecule has 2 aromatic carbocycles. The Morgan fingerprint density at radius 1 is 1.07 bits per heavy atom. The maximum Gasteiger partial charge on any atom is 0.294 e. The van der Waals surface area contributed by atoms with Gasteiger partial charge in [-0.05, 0) is 43.3 Å². The molecule has 0 amide bonds. The predicted molar refractivity (Wildman–Crippen MR) is 103 cm³/mol. The molecule has 8 heteroatoms. The lowest BCUT2D eigenvalue weighted by Gasteiger charge is -2.44. The highest BCUT2D eigenvalue weighted by Gasteiger charge is 2.54. The third kappa shape index (κ3) is 6.86. The van der Waals surface area contributed by atoms with Crippen molar-refractivity contribution in [2.45, 2.75) is 37.5 Å². The van der Waals surface area contributed by atoms with Gasteiger partial charge >= 0.3 is 0 Å². The molecule has 0 aliphatic heterocycles. The Balaban J connectivity index is 0.000000208. The van der Waals surface area contributed by atoms with Gasteiger partial charge in [-0.3, -0.25) is 4.55 Å². The van der Waals surface area contributed by atoms with E-state index in [4.69, 9.17) is 9.29 Å². The minimum Gasteiger partial charge on any atom is -0.493 e. The van der Waals surface area contributed by atoms with Crippen LogP contribution in [0.2, 0.25) is 0 Å². The lowest BCUT2D eigenvalue weighted by atomic mass is 9.68. The molecule has 1 saturated carbocycles. The molecule has 1 aliphatic carbocycles. The van der Waals surface area contributed by atoms with E-state index in [1.807, 2.05) is 38.1 Å². The smallest absolute Gasteiger partial charge is 0.294 e. The minimum atomic E-state index is -4.02. The average Bonchev–Trinajstić information content (AvgIpc) is 2.53. The fourth-order valence-corrected chi connectivity index (χ4v) is 3.54. The van der Waals surface area contributed by atoms with E-state index in [0.29, 0.717) is 6.61 Å². The summed E-state index contributed by atoms with van der Waals surface area (Å²) >= 11 is 3.32. The second-order valence-electron chi connectivity index (χ2n) is 7.05. The average molecular weight is 463 g/mol. The third-order valence-electron chi connectivity index (χ3n) is 4.09. The van der Waals surface area contributed by atoms with Crippen LogP contribution in [0.25, 0.3) is 0 Å². The van der Waals surface area contributed by atoms with E-state index < -0.39 is 16.0 Å². The summed E-state index contributed by atoms with van der Waals surface area (Å²) in [6.07, 6.45) is -0.146. The van der Waals surface area contributed by atoms with Gasteiger partial charge in [-0.1, -0.05) is 40.5 Å². The Morgan fingerprint density at radius 2 is 1.59 bits per heavy atom. The molecule has 4 nitrogen and oxygen atoms in total. The van der Waals surface area contributed by atoms with Crippen molar-refractivity contribution in [2.75, 3.05) is 6.61 Å². The van der Waals surface area contributed by atoms with Gasteiger partial charge in [-0.2, -0.15) is 8.42 Å². The van der Waals surface area contributed by atoms with Gasteiger partial charge in [0, 0.05) is 22.7 Å². The maximum atomic E-state index is 12.8. The van der Waals surface area contributed by atoms with Crippen molar-refractivity contribution in [2.24, 2.45) is 5.41 Å². The fourth-order valence-electron chi connectivity index (χ4n) is 2.80. The van der Waals surface area contributed by atoms with Crippen molar-refractivity contribution in [3.8, 4) is 5.75 Å². The van der Waals surface area contributed by atoms with Gasteiger partial charge in [0.15, 0.2) is 0 Å². The van der Waals surface area contributed by atoms with Crippen molar-refractivity contribution < 1.29 is 26.5 Å². The molecule has 0 saturated heterocycles. The summed E-state index contributed by atoms with van der Waals surface area (Å²) in [7, 11) is -4.02. The zero-order chi connectivity index (χ0) is 20.3. The summed E-state index contributed by atoms with van der Waals surface area (Å²) in [5, 5.41) is 0. The van der Waals surface area contributed by atoms with Gasteiger partial charge in [0.1, 0.15) is 5.75 Å². The lowest BCUT2D eigenvalue weighted by Crippen LogP contribution is -2.47. The first-order chi connectivity index (χ1) is 12.4. The number of rotatable bonds is 4. The zero-order valence-electron chi connectivity index (χ0n) is 15.0. The summed E-state index contributed by atoms with van der Waals surface area (Å²) in [6.45, 7) is 4.03. The van der Waals surface area contributed by atoms with Crippen LogP contribution in [-0.2, 0) is 10.1 Å². The number of ether oxygens (including phenoxy) is 1. The zero-order valence-corrected chi connectivity index (χ0v) is 17.4. The summed E-state index contributed by atoms with van der Waals surface area (Å²) in [5.74, 6) is -1.77. The largest absolute Gasteiger partial charge is 0.493 e. The molecule has 0 spiro atoms. The predicted octanol–water partition coefficient (Wildman–Crippen LogP) is 5.51. The van der Waals surface area contributed by atoms with Crippen LogP contribution in [0.1, 0.15) is 25.3 Å². The molecular weight excluding hydrogens is 442 g/mol. The standard InChI is InChI=1S/C12H13BrF2O.C7H8O3S/c1-11(6-12(14,15)7-11)8-16-10-4-2-9(13)3-5-10;1-6-2-4-7(5-3-6)11(8,9)10/h2-5H,6-8H2,1H3;2-5H,1H3,(H,8,9,10). The van der Waals surface area contributed by atoms with E-state index in [2.05, 4.69) is 15.9 Å². The van der Waals surface area contributed by atoms with Crippen LogP contribution in [0.15, 0.2) is 57.9 Å². The molecule has 0 unspecified atom stereocenters. The van der Waals surface area contributed by atoms with Crippen LogP contribution in [0.3, 0.4) is 0 Å².